The van der Waals surface area contributed by atoms with Crippen LogP contribution in [0.3, 0.4) is 0 Å². The summed E-state index contributed by atoms with van der Waals surface area (Å²) in [4.78, 5) is 26.2. The smallest absolute Gasteiger partial charge is 0.287 e. The Balaban J connectivity index is 1.60. The van der Waals surface area contributed by atoms with Crippen LogP contribution in [-0.2, 0) is 9.53 Å². The molecule has 0 saturated carbocycles. The Hall–Kier alpha value is -3.77. The number of hydrogen-bond donors (Lipinski definition) is 1. The fourth-order valence-electron chi connectivity index (χ4n) is 2.72. The molecular weight excluding hydrogens is 376 g/mol. The number of rotatable bonds is 7. The molecule has 29 heavy (non-hydrogen) atoms. The first-order valence-corrected chi connectivity index (χ1v) is 8.95. The van der Waals surface area contributed by atoms with Crippen molar-refractivity contribution in [2.45, 2.75) is 18.9 Å². The molecule has 2 aromatic rings. The predicted molar refractivity (Wildman–Crippen MR) is 103 cm³/mol. The van der Waals surface area contributed by atoms with Crippen molar-refractivity contribution in [3.63, 3.8) is 0 Å². The van der Waals surface area contributed by atoms with Crippen molar-refractivity contribution >= 4 is 17.7 Å². The molecule has 1 aliphatic rings. The van der Waals surface area contributed by atoms with Crippen molar-refractivity contribution in [1.29, 1.82) is 5.26 Å². The molecule has 0 aliphatic carbocycles. The zero-order chi connectivity index (χ0) is 20.6. The molecule has 1 fully saturated rings. The van der Waals surface area contributed by atoms with Gasteiger partial charge in [-0.15, -0.1) is 0 Å². The Morgan fingerprint density at radius 2 is 2.17 bits per heavy atom. The first-order chi connectivity index (χ1) is 14.0. The summed E-state index contributed by atoms with van der Waals surface area (Å²) in [7, 11) is 0. The lowest BCUT2D eigenvalue weighted by atomic mass is 10.1. The first kappa shape index (κ1) is 20.0. The van der Waals surface area contributed by atoms with Crippen LogP contribution in [0, 0.1) is 21.4 Å². The number of nitriles is 1. The molecule has 148 valence electrons. The van der Waals surface area contributed by atoms with E-state index in [1.165, 1.54) is 18.2 Å². The van der Waals surface area contributed by atoms with Crippen molar-refractivity contribution in [2.24, 2.45) is 0 Å². The number of hydrogen-bond acceptors (Lipinski definition) is 7. The van der Waals surface area contributed by atoms with E-state index >= 15 is 0 Å². The number of carbonyl (C=O) groups excluding carboxylic acids is 1. The molecule has 1 amide bonds. The zero-order valence-corrected chi connectivity index (χ0v) is 15.4. The van der Waals surface area contributed by atoms with Crippen molar-refractivity contribution in [3.8, 4) is 17.7 Å². The van der Waals surface area contributed by atoms with Gasteiger partial charge in [0, 0.05) is 25.3 Å². The van der Waals surface area contributed by atoms with Gasteiger partial charge in [0.15, 0.2) is 0 Å². The standard InChI is InChI=1S/C20H18N4O5/c21-11-15(20(25)23-13-18-2-1-9-28-18)10-14-3-6-17(7-4-14)29-19-8-5-16(12-22-19)24(26)27/h3-8,10,12,18H,1-2,9,13H2,(H,23,25)/b15-10+/t18-/m1/s1. The molecule has 1 saturated heterocycles. The van der Waals surface area contributed by atoms with Gasteiger partial charge in [-0.05, 0) is 36.6 Å². The minimum absolute atomic E-state index is 0.00311. The summed E-state index contributed by atoms with van der Waals surface area (Å²) in [6.07, 6.45) is 4.48. The molecule has 0 radical (unpaired) electrons. The van der Waals surface area contributed by atoms with Crippen LogP contribution < -0.4 is 10.1 Å². The average Bonchev–Trinajstić information content (AvgIpc) is 3.25. The maximum absolute atomic E-state index is 12.2. The zero-order valence-electron chi connectivity index (χ0n) is 15.4. The number of aromatic nitrogens is 1. The molecule has 9 heteroatoms. The molecule has 3 rings (SSSR count). The number of benzene rings is 1. The summed E-state index contributed by atoms with van der Waals surface area (Å²) in [5, 5.41) is 22.6. The second kappa shape index (κ2) is 9.43. The highest BCUT2D eigenvalue weighted by Crippen LogP contribution is 2.22. The Kier molecular flexibility index (Phi) is 6.50. The Morgan fingerprint density at radius 3 is 2.76 bits per heavy atom. The van der Waals surface area contributed by atoms with Crippen molar-refractivity contribution in [3.05, 3.63) is 63.8 Å². The highest BCUT2D eigenvalue weighted by molar-refractivity contribution is 6.01. The molecular formula is C20H18N4O5. The van der Waals surface area contributed by atoms with Gasteiger partial charge in [0.25, 0.3) is 11.6 Å². The van der Waals surface area contributed by atoms with E-state index in [1.54, 1.807) is 24.3 Å². The van der Waals surface area contributed by atoms with E-state index in [1.807, 2.05) is 6.07 Å². The molecule has 1 aromatic heterocycles. The summed E-state index contributed by atoms with van der Waals surface area (Å²) >= 11 is 0. The Labute approximate surface area is 166 Å². The van der Waals surface area contributed by atoms with E-state index in [4.69, 9.17) is 9.47 Å². The minimum atomic E-state index is -0.540. The largest absolute Gasteiger partial charge is 0.439 e. The monoisotopic (exact) mass is 394 g/mol. The van der Waals surface area contributed by atoms with E-state index in [9.17, 15) is 20.2 Å². The third kappa shape index (κ3) is 5.60. The molecule has 1 aliphatic heterocycles. The summed E-state index contributed by atoms with van der Waals surface area (Å²) in [6, 6.07) is 11.3. The number of carbonyl (C=O) groups is 1. The van der Waals surface area contributed by atoms with Gasteiger partial charge in [-0.2, -0.15) is 5.26 Å². The van der Waals surface area contributed by atoms with Crippen LogP contribution in [0.15, 0.2) is 48.2 Å². The van der Waals surface area contributed by atoms with E-state index in [2.05, 4.69) is 10.3 Å². The number of pyridine rings is 1. The highest BCUT2D eigenvalue weighted by atomic mass is 16.6. The Bertz CT molecular complexity index is 942. The van der Waals surface area contributed by atoms with Crippen molar-refractivity contribution in [2.75, 3.05) is 13.2 Å². The molecule has 1 N–H and O–H groups in total. The van der Waals surface area contributed by atoms with E-state index < -0.39 is 10.8 Å². The molecule has 0 unspecified atom stereocenters. The van der Waals surface area contributed by atoms with E-state index in [0.29, 0.717) is 24.5 Å². The minimum Gasteiger partial charge on any atom is -0.439 e. The third-order valence-electron chi connectivity index (χ3n) is 4.22. The summed E-state index contributed by atoms with van der Waals surface area (Å²) in [6.45, 7) is 1.08. The summed E-state index contributed by atoms with van der Waals surface area (Å²) in [5.41, 5.74) is 0.520. The average molecular weight is 394 g/mol. The number of nitrogens with zero attached hydrogens (tertiary/aromatic N) is 3. The van der Waals surface area contributed by atoms with Gasteiger partial charge in [0.1, 0.15) is 23.6 Å². The molecule has 2 heterocycles. The van der Waals surface area contributed by atoms with Crippen LogP contribution in [0.1, 0.15) is 18.4 Å². The lowest BCUT2D eigenvalue weighted by Gasteiger charge is -2.10. The second-order valence-electron chi connectivity index (χ2n) is 6.30. The van der Waals surface area contributed by atoms with Gasteiger partial charge in [-0.3, -0.25) is 14.9 Å². The fourth-order valence-corrected chi connectivity index (χ4v) is 2.72. The maximum atomic E-state index is 12.2. The lowest BCUT2D eigenvalue weighted by Crippen LogP contribution is -2.32. The van der Waals surface area contributed by atoms with Crippen molar-refractivity contribution < 1.29 is 19.2 Å². The van der Waals surface area contributed by atoms with Crippen LogP contribution in [0.2, 0.25) is 0 Å². The van der Waals surface area contributed by atoms with Gasteiger partial charge in [0.05, 0.1) is 11.0 Å². The number of nitro groups is 1. The van der Waals surface area contributed by atoms with Gasteiger partial charge < -0.3 is 14.8 Å². The molecule has 1 aromatic carbocycles. The third-order valence-corrected chi connectivity index (χ3v) is 4.22. The lowest BCUT2D eigenvalue weighted by molar-refractivity contribution is -0.385. The molecule has 0 bridgehead atoms. The van der Waals surface area contributed by atoms with Gasteiger partial charge in [-0.25, -0.2) is 4.98 Å². The van der Waals surface area contributed by atoms with Crippen LogP contribution in [0.4, 0.5) is 5.69 Å². The van der Waals surface area contributed by atoms with E-state index in [0.717, 1.165) is 19.0 Å². The van der Waals surface area contributed by atoms with Gasteiger partial charge >= 0.3 is 0 Å². The number of nitrogens with one attached hydrogen (secondary N) is 1. The quantitative estimate of drug-likeness (QED) is 0.331. The number of ether oxygens (including phenoxy) is 2. The topological polar surface area (TPSA) is 127 Å². The fraction of sp³-hybridized carbons (Fsp3) is 0.250. The van der Waals surface area contributed by atoms with Crippen LogP contribution in [0.25, 0.3) is 6.08 Å². The predicted octanol–water partition coefficient (Wildman–Crippen LogP) is 2.98. The van der Waals surface area contributed by atoms with Crippen LogP contribution in [-0.4, -0.2) is 35.1 Å². The molecule has 9 nitrogen and oxygen atoms in total. The number of amides is 1. The van der Waals surface area contributed by atoms with Gasteiger partial charge in [0.2, 0.25) is 5.88 Å². The highest BCUT2D eigenvalue weighted by Gasteiger charge is 2.17. The first-order valence-electron chi connectivity index (χ1n) is 8.95. The van der Waals surface area contributed by atoms with Crippen LogP contribution >= 0.6 is 0 Å². The van der Waals surface area contributed by atoms with Crippen molar-refractivity contribution in [1.82, 2.24) is 10.3 Å². The maximum Gasteiger partial charge on any atom is 0.287 e. The normalized spacial score (nSPS) is 16.1. The molecule has 1 atom stereocenters. The van der Waals surface area contributed by atoms with Crippen LogP contribution in [0.5, 0.6) is 11.6 Å². The summed E-state index contributed by atoms with van der Waals surface area (Å²) < 4.78 is 11.0. The summed E-state index contributed by atoms with van der Waals surface area (Å²) in [5.74, 6) is 0.230. The van der Waals surface area contributed by atoms with Gasteiger partial charge in [-0.1, -0.05) is 12.1 Å². The van der Waals surface area contributed by atoms with E-state index in [-0.39, 0.29) is 23.2 Å². The molecule has 0 spiro atoms. The Morgan fingerprint density at radius 1 is 1.38 bits per heavy atom. The second-order valence-corrected chi connectivity index (χ2v) is 6.30. The SMILES string of the molecule is N#C/C(=C\c1ccc(Oc2ccc([N+](=O)[O-])cn2)cc1)C(=O)NC[C@H]1CCCO1.